The minimum atomic E-state index is -1.01. The van der Waals surface area contributed by atoms with Gasteiger partial charge in [-0.25, -0.2) is 4.79 Å². The van der Waals surface area contributed by atoms with E-state index >= 15 is 0 Å². The van der Waals surface area contributed by atoms with Crippen molar-refractivity contribution in [3.63, 3.8) is 0 Å². The van der Waals surface area contributed by atoms with Gasteiger partial charge in [-0.2, -0.15) is 0 Å². The highest BCUT2D eigenvalue weighted by Crippen LogP contribution is 2.26. The van der Waals surface area contributed by atoms with Crippen LogP contribution in [0.15, 0.2) is 30.3 Å². The third-order valence-corrected chi connectivity index (χ3v) is 2.42. The third kappa shape index (κ3) is 2.61. The summed E-state index contributed by atoms with van der Waals surface area (Å²) in [5.41, 5.74) is -0.193. The summed E-state index contributed by atoms with van der Waals surface area (Å²) in [5, 5.41) is 0. The Balaban J connectivity index is 3.01. The van der Waals surface area contributed by atoms with Gasteiger partial charge in [0.15, 0.2) is 5.60 Å². The highest BCUT2D eigenvalue weighted by molar-refractivity contribution is 5.80. The average molecular weight is 222 g/mol. The lowest BCUT2D eigenvalue weighted by molar-refractivity contribution is -0.171. The highest BCUT2D eigenvalue weighted by Gasteiger charge is 2.37. The van der Waals surface area contributed by atoms with Crippen molar-refractivity contribution in [3.8, 4) is 0 Å². The maximum absolute atomic E-state index is 11.9. The molecule has 0 aromatic heterocycles. The van der Waals surface area contributed by atoms with Crippen molar-refractivity contribution < 1.29 is 14.3 Å². The number of rotatable bonds is 5. The Morgan fingerprint density at radius 2 is 1.81 bits per heavy atom. The zero-order chi connectivity index (χ0) is 12.0. The van der Waals surface area contributed by atoms with Crippen LogP contribution >= 0.6 is 0 Å². The molecule has 3 nitrogen and oxygen atoms in total. The second-order valence-electron chi connectivity index (χ2n) is 3.55. The van der Waals surface area contributed by atoms with Crippen molar-refractivity contribution in [2.24, 2.45) is 0 Å². The number of hydrogen-bond donors (Lipinski definition) is 0. The summed E-state index contributed by atoms with van der Waals surface area (Å²) in [6.45, 7) is 6.21. The molecule has 1 atom stereocenters. The fourth-order valence-electron chi connectivity index (χ4n) is 1.57. The monoisotopic (exact) mass is 222 g/mol. The Morgan fingerprint density at radius 3 is 2.31 bits per heavy atom. The van der Waals surface area contributed by atoms with Crippen LogP contribution in [0.1, 0.15) is 26.3 Å². The van der Waals surface area contributed by atoms with Crippen LogP contribution in [0.4, 0.5) is 0 Å². The Bertz CT molecular complexity index is 334. The van der Waals surface area contributed by atoms with Gasteiger partial charge in [-0.3, -0.25) is 0 Å². The van der Waals surface area contributed by atoms with Crippen LogP contribution in [0.2, 0.25) is 0 Å². The van der Waals surface area contributed by atoms with Crippen LogP contribution in [-0.2, 0) is 19.9 Å². The molecule has 0 aliphatic rings. The molecule has 0 saturated carbocycles. The first-order chi connectivity index (χ1) is 7.65. The molecule has 0 unspecified atom stereocenters. The van der Waals surface area contributed by atoms with E-state index in [4.69, 9.17) is 9.47 Å². The van der Waals surface area contributed by atoms with E-state index in [0.717, 1.165) is 5.56 Å². The molecule has 0 fully saturated rings. The number of carbonyl (C=O) groups excluding carboxylic acids is 1. The Labute approximate surface area is 96.4 Å². The van der Waals surface area contributed by atoms with Gasteiger partial charge in [0, 0.05) is 6.61 Å². The zero-order valence-electron chi connectivity index (χ0n) is 10.0. The molecule has 1 rings (SSSR count). The molecule has 0 spiro atoms. The van der Waals surface area contributed by atoms with E-state index in [1.54, 1.807) is 13.8 Å². The van der Waals surface area contributed by atoms with Gasteiger partial charge in [0.2, 0.25) is 0 Å². The minimum Gasteiger partial charge on any atom is -0.464 e. The molecule has 0 N–H and O–H groups in total. The predicted octanol–water partition coefficient (Wildman–Crippen LogP) is 2.50. The standard InChI is InChI=1S/C13H18O3/c1-4-15-12(14)13(3,16-5-2)11-9-7-6-8-10-11/h6-10H,4-5H2,1-3H3/t13-/m0/s1. The highest BCUT2D eigenvalue weighted by atomic mass is 16.6. The molecular formula is C13H18O3. The molecule has 0 aliphatic carbocycles. The molecule has 3 heteroatoms. The third-order valence-electron chi connectivity index (χ3n) is 2.42. The van der Waals surface area contributed by atoms with Gasteiger partial charge < -0.3 is 9.47 Å². The molecule has 0 amide bonds. The molecule has 1 aromatic rings. The van der Waals surface area contributed by atoms with Gasteiger partial charge in [0.1, 0.15) is 0 Å². The van der Waals surface area contributed by atoms with Crippen LogP contribution in [0.25, 0.3) is 0 Å². The van der Waals surface area contributed by atoms with Crippen LogP contribution in [-0.4, -0.2) is 19.2 Å². The second-order valence-corrected chi connectivity index (χ2v) is 3.55. The Morgan fingerprint density at radius 1 is 1.19 bits per heavy atom. The van der Waals surface area contributed by atoms with Crippen LogP contribution in [0, 0.1) is 0 Å². The van der Waals surface area contributed by atoms with Crippen molar-refractivity contribution in [1.29, 1.82) is 0 Å². The number of esters is 1. The first-order valence-corrected chi connectivity index (χ1v) is 5.51. The number of benzene rings is 1. The molecule has 0 aliphatic heterocycles. The fraction of sp³-hybridized carbons (Fsp3) is 0.462. The summed E-state index contributed by atoms with van der Waals surface area (Å²) in [6, 6.07) is 9.40. The number of carbonyl (C=O) groups is 1. The summed E-state index contributed by atoms with van der Waals surface area (Å²) in [7, 11) is 0. The van der Waals surface area contributed by atoms with Gasteiger partial charge in [-0.15, -0.1) is 0 Å². The van der Waals surface area contributed by atoms with Gasteiger partial charge in [-0.1, -0.05) is 30.3 Å². The van der Waals surface area contributed by atoms with E-state index in [2.05, 4.69) is 0 Å². The fourth-order valence-corrected chi connectivity index (χ4v) is 1.57. The SMILES string of the molecule is CCOC(=O)[C@@](C)(OCC)c1ccccc1. The smallest absolute Gasteiger partial charge is 0.342 e. The summed E-state index contributed by atoms with van der Waals surface area (Å²) in [5.74, 6) is -0.344. The van der Waals surface area contributed by atoms with E-state index in [0.29, 0.717) is 13.2 Å². The van der Waals surface area contributed by atoms with Crippen molar-refractivity contribution in [1.82, 2.24) is 0 Å². The maximum atomic E-state index is 11.9. The largest absolute Gasteiger partial charge is 0.464 e. The van der Waals surface area contributed by atoms with Gasteiger partial charge in [0.25, 0.3) is 0 Å². The van der Waals surface area contributed by atoms with Crippen molar-refractivity contribution in [2.45, 2.75) is 26.4 Å². The lowest BCUT2D eigenvalue weighted by atomic mass is 9.96. The molecule has 0 saturated heterocycles. The van der Waals surface area contributed by atoms with Crippen molar-refractivity contribution >= 4 is 5.97 Å². The summed E-state index contributed by atoms with van der Waals surface area (Å²) in [6.07, 6.45) is 0. The summed E-state index contributed by atoms with van der Waals surface area (Å²) in [4.78, 5) is 11.9. The molecule has 88 valence electrons. The lowest BCUT2D eigenvalue weighted by Gasteiger charge is -2.27. The quantitative estimate of drug-likeness (QED) is 0.718. The van der Waals surface area contributed by atoms with Gasteiger partial charge >= 0.3 is 5.97 Å². The molecule has 16 heavy (non-hydrogen) atoms. The molecule has 0 radical (unpaired) electrons. The maximum Gasteiger partial charge on any atom is 0.342 e. The van der Waals surface area contributed by atoms with E-state index in [-0.39, 0.29) is 5.97 Å². The van der Waals surface area contributed by atoms with E-state index in [9.17, 15) is 4.79 Å². The lowest BCUT2D eigenvalue weighted by Crippen LogP contribution is -2.37. The van der Waals surface area contributed by atoms with E-state index in [1.165, 1.54) is 0 Å². The van der Waals surface area contributed by atoms with Crippen LogP contribution < -0.4 is 0 Å². The van der Waals surface area contributed by atoms with E-state index < -0.39 is 5.60 Å². The summed E-state index contributed by atoms with van der Waals surface area (Å²) < 4.78 is 10.6. The van der Waals surface area contributed by atoms with Gasteiger partial charge in [0.05, 0.1) is 6.61 Å². The first kappa shape index (κ1) is 12.7. The molecule has 1 aromatic carbocycles. The average Bonchev–Trinajstić information content (AvgIpc) is 2.30. The minimum absolute atomic E-state index is 0.344. The van der Waals surface area contributed by atoms with Crippen LogP contribution in [0.3, 0.4) is 0 Å². The van der Waals surface area contributed by atoms with Crippen molar-refractivity contribution in [3.05, 3.63) is 35.9 Å². The van der Waals surface area contributed by atoms with Crippen LogP contribution in [0.5, 0.6) is 0 Å². The Hall–Kier alpha value is -1.35. The first-order valence-electron chi connectivity index (χ1n) is 5.51. The number of ether oxygens (including phenoxy) is 2. The topological polar surface area (TPSA) is 35.5 Å². The summed E-state index contributed by atoms with van der Waals surface area (Å²) >= 11 is 0. The zero-order valence-corrected chi connectivity index (χ0v) is 10.0. The van der Waals surface area contributed by atoms with E-state index in [1.807, 2.05) is 37.3 Å². The molecule has 0 bridgehead atoms. The molecular weight excluding hydrogens is 204 g/mol. The second kappa shape index (κ2) is 5.66. The van der Waals surface area contributed by atoms with Crippen molar-refractivity contribution in [2.75, 3.05) is 13.2 Å². The Kier molecular flexibility index (Phi) is 4.50. The number of hydrogen-bond acceptors (Lipinski definition) is 3. The predicted molar refractivity (Wildman–Crippen MR) is 62.1 cm³/mol. The molecule has 0 heterocycles. The normalized spacial score (nSPS) is 14.2. The van der Waals surface area contributed by atoms with Gasteiger partial charge in [-0.05, 0) is 26.3 Å².